The van der Waals surface area contributed by atoms with Crippen LogP contribution in [0.3, 0.4) is 0 Å². The molecule has 84 valence electrons. The Kier molecular flexibility index (Phi) is 3.71. The smallest absolute Gasteiger partial charge is 0.125 e. The van der Waals surface area contributed by atoms with Crippen LogP contribution >= 0.6 is 38.5 Å². The molecule has 2 N–H and O–H groups in total. The van der Waals surface area contributed by atoms with E-state index in [0.29, 0.717) is 0 Å². The average Bonchev–Trinajstić information content (AvgIpc) is 2.67. The standard InChI is InChI=1S/C12H11BrINO/c1-7-2-5-11(16-7)12(15)9-6-8(13)3-4-10(9)14/h2-6,12H,15H2,1H3. The molecule has 16 heavy (non-hydrogen) atoms. The van der Waals surface area contributed by atoms with Crippen molar-refractivity contribution in [3.63, 3.8) is 0 Å². The molecule has 1 unspecified atom stereocenters. The molecular weight excluding hydrogens is 381 g/mol. The van der Waals surface area contributed by atoms with Crippen molar-refractivity contribution in [2.24, 2.45) is 5.73 Å². The predicted octanol–water partition coefficient (Wildman–Crippen LogP) is 4.00. The molecule has 0 aliphatic carbocycles. The molecule has 1 heterocycles. The summed E-state index contributed by atoms with van der Waals surface area (Å²) in [4.78, 5) is 0. The molecule has 2 rings (SSSR count). The van der Waals surface area contributed by atoms with Crippen LogP contribution in [0.2, 0.25) is 0 Å². The lowest BCUT2D eigenvalue weighted by atomic mass is 10.1. The molecule has 0 bridgehead atoms. The lowest BCUT2D eigenvalue weighted by Crippen LogP contribution is -2.12. The molecule has 0 saturated heterocycles. The molecular formula is C12H11BrINO. The van der Waals surface area contributed by atoms with Gasteiger partial charge in [-0.25, -0.2) is 0 Å². The Morgan fingerprint density at radius 2 is 2.06 bits per heavy atom. The SMILES string of the molecule is Cc1ccc(C(N)c2cc(Br)ccc2I)o1. The Morgan fingerprint density at radius 1 is 1.31 bits per heavy atom. The van der Waals surface area contributed by atoms with Crippen LogP contribution in [0.4, 0.5) is 0 Å². The first kappa shape index (κ1) is 12.1. The topological polar surface area (TPSA) is 39.2 Å². The maximum Gasteiger partial charge on any atom is 0.125 e. The van der Waals surface area contributed by atoms with Crippen LogP contribution in [0.15, 0.2) is 39.2 Å². The third kappa shape index (κ3) is 2.49. The van der Waals surface area contributed by atoms with E-state index in [1.165, 1.54) is 0 Å². The fourth-order valence-corrected chi connectivity index (χ4v) is 2.58. The summed E-state index contributed by atoms with van der Waals surface area (Å²) in [6.07, 6.45) is 0. The van der Waals surface area contributed by atoms with Gasteiger partial charge in [0.15, 0.2) is 0 Å². The Bertz CT molecular complexity index is 509. The van der Waals surface area contributed by atoms with E-state index in [4.69, 9.17) is 10.2 Å². The monoisotopic (exact) mass is 391 g/mol. The lowest BCUT2D eigenvalue weighted by Gasteiger charge is -2.11. The van der Waals surface area contributed by atoms with Crippen molar-refractivity contribution in [2.45, 2.75) is 13.0 Å². The molecule has 1 atom stereocenters. The number of halogens is 2. The second-order valence-corrected chi connectivity index (χ2v) is 5.67. The van der Waals surface area contributed by atoms with E-state index in [-0.39, 0.29) is 6.04 Å². The van der Waals surface area contributed by atoms with E-state index in [0.717, 1.165) is 25.1 Å². The molecule has 2 aromatic rings. The second-order valence-electron chi connectivity index (χ2n) is 3.59. The van der Waals surface area contributed by atoms with Gasteiger partial charge in [0.2, 0.25) is 0 Å². The summed E-state index contributed by atoms with van der Waals surface area (Å²) in [5, 5.41) is 0. The normalized spacial score (nSPS) is 12.8. The molecule has 0 aliphatic heterocycles. The summed E-state index contributed by atoms with van der Waals surface area (Å²) in [6.45, 7) is 1.92. The minimum absolute atomic E-state index is 0.210. The van der Waals surface area contributed by atoms with E-state index in [1.54, 1.807) is 0 Å². The molecule has 4 heteroatoms. The summed E-state index contributed by atoms with van der Waals surface area (Å²) in [5.41, 5.74) is 7.25. The Balaban J connectivity index is 2.40. The van der Waals surface area contributed by atoms with Gasteiger partial charge >= 0.3 is 0 Å². The maximum atomic E-state index is 6.18. The Hall–Kier alpha value is -0.330. The van der Waals surface area contributed by atoms with Crippen LogP contribution in [0.1, 0.15) is 23.1 Å². The summed E-state index contributed by atoms with van der Waals surface area (Å²) in [6, 6.07) is 9.72. The van der Waals surface area contributed by atoms with Gasteiger partial charge < -0.3 is 10.2 Å². The zero-order valence-electron chi connectivity index (χ0n) is 8.71. The van der Waals surface area contributed by atoms with Gasteiger partial charge in [-0.05, 0) is 65.4 Å². The molecule has 1 aromatic heterocycles. The van der Waals surface area contributed by atoms with E-state index in [9.17, 15) is 0 Å². The molecule has 0 amide bonds. The quantitative estimate of drug-likeness (QED) is 0.785. The number of aryl methyl sites for hydroxylation is 1. The molecule has 2 nitrogen and oxygen atoms in total. The third-order valence-corrected chi connectivity index (χ3v) is 3.84. The second kappa shape index (κ2) is 4.89. The Labute approximate surface area is 116 Å². The summed E-state index contributed by atoms with van der Waals surface area (Å²) in [7, 11) is 0. The number of rotatable bonds is 2. The van der Waals surface area contributed by atoms with Crippen molar-refractivity contribution in [3.8, 4) is 0 Å². The molecule has 0 aliphatic rings. The first-order valence-electron chi connectivity index (χ1n) is 4.85. The Morgan fingerprint density at radius 3 is 2.69 bits per heavy atom. The van der Waals surface area contributed by atoms with Gasteiger partial charge in [-0.2, -0.15) is 0 Å². The zero-order chi connectivity index (χ0) is 11.7. The number of furan rings is 1. The fraction of sp³-hybridized carbons (Fsp3) is 0.167. The highest BCUT2D eigenvalue weighted by Crippen LogP contribution is 2.28. The van der Waals surface area contributed by atoms with Crippen LogP contribution in [-0.2, 0) is 0 Å². The average molecular weight is 392 g/mol. The first-order valence-corrected chi connectivity index (χ1v) is 6.72. The molecule has 0 fully saturated rings. The van der Waals surface area contributed by atoms with Gasteiger partial charge in [0.25, 0.3) is 0 Å². The lowest BCUT2D eigenvalue weighted by molar-refractivity contribution is 0.466. The van der Waals surface area contributed by atoms with E-state index in [2.05, 4.69) is 38.5 Å². The molecule has 0 radical (unpaired) electrons. The minimum atomic E-state index is -0.210. The summed E-state index contributed by atoms with van der Waals surface area (Å²) >= 11 is 5.74. The van der Waals surface area contributed by atoms with Crippen LogP contribution in [-0.4, -0.2) is 0 Å². The first-order chi connectivity index (χ1) is 7.58. The highest BCUT2D eigenvalue weighted by atomic mass is 127. The van der Waals surface area contributed by atoms with Gasteiger partial charge in [0.05, 0.1) is 6.04 Å². The van der Waals surface area contributed by atoms with E-state index < -0.39 is 0 Å². The van der Waals surface area contributed by atoms with E-state index >= 15 is 0 Å². The third-order valence-electron chi connectivity index (χ3n) is 2.36. The largest absolute Gasteiger partial charge is 0.464 e. The van der Waals surface area contributed by atoms with Crippen molar-refractivity contribution in [1.29, 1.82) is 0 Å². The number of hydrogen-bond acceptors (Lipinski definition) is 2. The van der Waals surface area contributed by atoms with Crippen molar-refractivity contribution in [1.82, 2.24) is 0 Å². The van der Waals surface area contributed by atoms with Gasteiger partial charge in [0.1, 0.15) is 11.5 Å². The number of hydrogen-bond donors (Lipinski definition) is 1. The van der Waals surface area contributed by atoms with E-state index in [1.807, 2.05) is 37.3 Å². The van der Waals surface area contributed by atoms with Crippen molar-refractivity contribution >= 4 is 38.5 Å². The van der Waals surface area contributed by atoms with Gasteiger partial charge in [0, 0.05) is 8.04 Å². The summed E-state index contributed by atoms with van der Waals surface area (Å²) in [5.74, 6) is 1.68. The van der Waals surface area contributed by atoms with Crippen molar-refractivity contribution in [3.05, 3.63) is 55.5 Å². The van der Waals surface area contributed by atoms with Crippen LogP contribution in [0.25, 0.3) is 0 Å². The highest BCUT2D eigenvalue weighted by Gasteiger charge is 2.15. The van der Waals surface area contributed by atoms with Gasteiger partial charge in [-0.3, -0.25) is 0 Å². The summed E-state index contributed by atoms with van der Waals surface area (Å²) < 4.78 is 7.72. The minimum Gasteiger partial charge on any atom is -0.464 e. The highest BCUT2D eigenvalue weighted by molar-refractivity contribution is 14.1. The number of nitrogens with two attached hydrogens (primary N) is 1. The fourth-order valence-electron chi connectivity index (χ4n) is 1.53. The predicted molar refractivity (Wildman–Crippen MR) is 76.3 cm³/mol. The van der Waals surface area contributed by atoms with Crippen LogP contribution < -0.4 is 5.73 Å². The van der Waals surface area contributed by atoms with Crippen molar-refractivity contribution < 1.29 is 4.42 Å². The van der Waals surface area contributed by atoms with Gasteiger partial charge in [-0.1, -0.05) is 15.9 Å². The van der Waals surface area contributed by atoms with Crippen molar-refractivity contribution in [2.75, 3.05) is 0 Å². The van der Waals surface area contributed by atoms with Crippen LogP contribution in [0.5, 0.6) is 0 Å². The number of benzene rings is 1. The van der Waals surface area contributed by atoms with Gasteiger partial charge in [-0.15, -0.1) is 0 Å². The molecule has 0 saturated carbocycles. The molecule has 1 aromatic carbocycles. The maximum absolute atomic E-state index is 6.18. The molecule has 0 spiro atoms. The zero-order valence-corrected chi connectivity index (χ0v) is 12.4. The van der Waals surface area contributed by atoms with Crippen LogP contribution in [0, 0.1) is 10.5 Å².